The van der Waals surface area contributed by atoms with Gasteiger partial charge in [-0.2, -0.15) is 0 Å². The van der Waals surface area contributed by atoms with E-state index >= 15 is 0 Å². The number of rotatable bonds is 6. The summed E-state index contributed by atoms with van der Waals surface area (Å²) < 4.78 is 2.05. The second-order valence-corrected chi connectivity index (χ2v) is 6.24. The number of amides is 1. The van der Waals surface area contributed by atoms with Gasteiger partial charge in [-0.1, -0.05) is 19.8 Å². The molecule has 5 nitrogen and oxygen atoms in total. The molecule has 1 amide bonds. The van der Waals surface area contributed by atoms with E-state index in [1.807, 2.05) is 19.4 Å². The Hall–Kier alpha value is -1.36. The van der Waals surface area contributed by atoms with Crippen molar-refractivity contribution in [1.82, 2.24) is 19.8 Å². The van der Waals surface area contributed by atoms with Crippen LogP contribution in [0.1, 0.15) is 39.5 Å². The molecule has 1 aliphatic heterocycles. The lowest BCUT2D eigenvalue weighted by atomic mass is 10.1. The van der Waals surface area contributed by atoms with Crippen LogP contribution >= 0.6 is 0 Å². The van der Waals surface area contributed by atoms with Crippen molar-refractivity contribution in [1.29, 1.82) is 0 Å². The quantitative estimate of drug-likeness (QED) is 0.871. The Balaban J connectivity index is 1.72. The van der Waals surface area contributed by atoms with E-state index in [0.29, 0.717) is 5.92 Å². The largest absolute Gasteiger partial charge is 0.354 e. The van der Waals surface area contributed by atoms with Crippen LogP contribution in [0.4, 0.5) is 0 Å². The first-order valence-corrected chi connectivity index (χ1v) is 8.14. The summed E-state index contributed by atoms with van der Waals surface area (Å²) in [4.78, 5) is 18.6. The Bertz CT molecular complexity index is 410. The molecule has 0 bridgehead atoms. The van der Waals surface area contributed by atoms with E-state index in [4.69, 9.17) is 0 Å². The highest BCUT2D eigenvalue weighted by Crippen LogP contribution is 2.12. The minimum atomic E-state index is -0.0106. The standard InChI is InChI=1S/C16H28N4O/c1-14(12-19-10-7-17-13-19)11-18-16(21)15(2)20-8-5-3-4-6-9-20/h7,10,13-15H,3-6,8-9,11-12H2,1-2H3,(H,18,21)/t14-,15+/m0/s1. The highest BCUT2D eigenvalue weighted by Gasteiger charge is 2.22. The van der Waals surface area contributed by atoms with E-state index in [1.165, 1.54) is 25.7 Å². The number of hydrogen-bond acceptors (Lipinski definition) is 3. The molecule has 2 atom stereocenters. The average molecular weight is 292 g/mol. The summed E-state index contributed by atoms with van der Waals surface area (Å²) in [6.45, 7) is 7.89. The Labute approximate surface area is 127 Å². The molecule has 5 heteroatoms. The average Bonchev–Trinajstić information content (AvgIpc) is 2.83. The second kappa shape index (κ2) is 8.17. The molecule has 21 heavy (non-hydrogen) atoms. The van der Waals surface area contributed by atoms with E-state index in [1.54, 1.807) is 6.20 Å². The van der Waals surface area contributed by atoms with Gasteiger partial charge < -0.3 is 9.88 Å². The molecule has 1 aromatic rings. The summed E-state index contributed by atoms with van der Waals surface area (Å²) in [5, 5.41) is 3.10. The summed E-state index contributed by atoms with van der Waals surface area (Å²) in [5.74, 6) is 0.564. The molecule has 118 valence electrons. The topological polar surface area (TPSA) is 50.2 Å². The molecule has 0 aliphatic carbocycles. The fourth-order valence-corrected chi connectivity index (χ4v) is 2.89. The van der Waals surface area contributed by atoms with Gasteiger partial charge in [-0.25, -0.2) is 4.98 Å². The molecular weight excluding hydrogens is 264 g/mol. The second-order valence-electron chi connectivity index (χ2n) is 6.24. The van der Waals surface area contributed by atoms with Crippen LogP contribution in [0, 0.1) is 5.92 Å². The van der Waals surface area contributed by atoms with Crippen molar-refractivity contribution in [3.63, 3.8) is 0 Å². The van der Waals surface area contributed by atoms with E-state index in [-0.39, 0.29) is 11.9 Å². The normalized spacial score (nSPS) is 19.7. The van der Waals surface area contributed by atoms with Crippen LogP contribution in [-0.2, 0) is 11.3 Å². The molecule has 2 rings (SSSR count). The van der Waals surface area contributed by atoms with Crippen molar-refractivity contribution >= 4 is 5.91 Å². The first-order chi connectivity index (χ1) is 10.2. The van der Waals surface area contributed by atoms with E-state index in [9.17, 15) is 4.79 Å². The SMILES string of the molecule is C[C@@H](CNC(=O)[C@@H](C)N1CCCCCC1)Cn1ccnc1. The van der Waals surface area contributed by atoms with E-state index < -0.39 is 0 Å². The zero-order valence-corrected chi connectivity index (χ0v) is 13.3. The van der Waals surface area contributed by atoms with Crippen molar-refractivity contribution in [2.45, 2.75) is 52.1 Å². The fraction of sp³-hybridized carbons (Fsp3) is 0.750. The minimum absolute atomic E-state index is 0.0106. The minimum Gasteiger partial charge on any atom is -0.354 e. The van der Waals surface area contributed by atoms with E-state index in [2.05, 4.69) is 26.7 Å². The third-order valence-corrected chi connectivity index (χ3v) is 4.27. The Morgan fingerprint density at radius 2 is 1.95 bits per heavy atom. The molecule has 1 fully saturated rings. The van der Waals surface area contributed by atoms with Gasteiger partial charge in [-0.05, 0) is 38.8 Å². The number of carbonyl (C=O) groups is 1. The van der Waals surface area contributed by atoms with Gasteiger partial charge in [0, 0.05) is 25.5 Å². The maximum absolute atomic E-state index is 12.3. The Kier molecular flexibility index (Phi) is 6.23. The molecule has 1 N–H and O–H groups in total. The van der Waals surface area contributed by atoms with Crippen molar-refractivity contribution in [2.75, 3.05) is 19.6 Å². The van der Waals surface area contributed by atoms with Crippen LogP contribution in [-0.4, -0.2) is 46.0 Å². The summed E-state index contributed by atoms with van der Waals surface area (Å²) in [7, 11) is 0. The molecule has 1 aromatic heterocycles. The number of nitrogens with zero attached hydrogens (tertiary/aromatic N) is 3. The van der Waals surface area contributed by atoms with Crippen LogP contribution in [0.25, 0.3) is 0 Å². The predicted octanol–water partition coefficient (Wildman–Crippen LogP) is 1.90. The van der Waals surface area contributed by atoms with Gasteiger partial charge in [0.05, 0.1) is 12.4 Å². The zero-order chi connectivity index (χ0) is 15.1. The summed E-state index contributed by atoms with van der Waals surface area (Å²) in [5.41, 5.74) is 0. The molecule has 1 aliphatic rings. The summed E-state index contributed by atoms with van der Waals surface area (Å²) in [6, 6.07) is -0.0106. The third kappa shape index (κ3) is 5.16. The first kappa shape index (κ1) is 16.0. The molecule has 0 saturated carbocycles. The lowest BCUT2D eigenvalue weighted by Gasteiger charge is -2.27. The van der Waals surface area contributed by atoms with Crippen molar-refractivity contribution in [3.8, 4) is 0 Å². The Morgan fingerprint density at radius 1 is 1.24 bits per heavy atom. The van der Waals surface area contributed by atoms with E-state index in [0.717, 1.165) is 26.2 Å². The van der Waals surface area contributed by atoms with Gasteiger partial charge in [0.2, 0.25) is 5.91 Å². The first-order valence-electron chi connectivity index (χ1n) is 8.14. The highest BCUT2D eigenvalue weighted by atomic mass is 16.2. The molecule has 0 aromatic carbocycles. The lowest BCUT2D eigenvalue weighted by molar-refractivity contribution is -0.126. The van der Waals surface area contributed by atoms with Crippen molar-refractivity contribution in [3.05, 3.63) is 18.7 Å². The smallest absolute Gasteiger partial charge is 0.237 e. The molecule has 0 spiro atoms. The van der Waals surface area contributed by atoms with Gasteiger partial charge in [-0.3, -0.25) is 9.69 Å². The Morgan fingerprint density at radius 3 is 2.57 bits per heavy atom. The number of nitrogens with one attached hydrogen (secondary N) is 1. The summed E-state index contributed by atoms with van der Waals surface area (Å²) >= 11 is 0. The highest BCUT2D eigenvalue weighted by molar-refractivity contribution is 5.81. The number of carbonyl (C=O) groups excluding carboxylic acids is 1. The maximum atomic E-state index is 12.3. The van der Waals surface area contributed by atoms with Gasteiger partial charge in [0.25, 0.3) is 0 Å². The molecule has 2 heterocycles. The maximum Gasteiger partial charge on any atom is 0.237 e. The van der Waals surface area contributed by atoms with Crippen LogP contribution in [0.15, 0.2) is 18.7 Å². The number of aromatic nitrogens is 2. The van der Waals surface area contributed by atoms with Crippen molar-refractivity contribution in [2.24, 2.45) is 5.92 Å². The number of hydrogen-bond donors (Lipinski definition) is 1. The van der Waals surface area contributed by atoms with Gasteiger partial charge in [0.15, 0.2) is 0 Å². The van der Waals surface area contributed by atoms with Crippen molar-refractivity contribution < 1.29 is 4.79 Å². The third-order valence-electron chi connectivity index (χ3n) is 4.27. The number of likely N-dealkylation sites (tertiary alicyclic amines) is 1. The predicted molar refractivity (Wildman–Crippen MR) is 83.9 cm³/mol. The fourth-order valence-electron chi connectivity index (χ4n) is 2.89. The number of imidazole rings is 1. The molecule has 1 saturated heterocycles. The monoisotopic (exact) mass is 292 g/mol. The lowest BCUT2D eigenvalue weighted by Crippen LogP contribution is -2.46. The van der Waals surface area contributed by atoms with Crippen LogP contribution < -0.4 is 5.32 Å². The van der Waals surface area contributed by atoms with Crippen LogP contribution in [0.5, 0.6) is 0 Å². The molecular formula is C16H28N4O. The van der Waals surface area contributed by atoms with Gasteiger partial charge >= 0.3 is 0 Å². The zero-order valence-electron chi connectivity index (χ0n) is 13.3. The van der Waals surface area contributed by atoms with Crippen LogP contribution in [0.3, 0.4) is 0 Å². The molecule has 0 unspecified atom stereocenters. The molecule has 0 radical (unpaired) electrons. The summed E-state index contributed by atoms with van der Waals surface area (Å²) in [6.07, 6.45) is 10.6. The van der Waals surface area contributed by atoms with Gasteiger partial charge in [0.1, 0.15) is 0 Å². The van der Waals surface area contributed by atoms with Crippen LogP contribution in [0.2, 0.25) is 0 Å². The van der Waals surface area contributed by atoms with Gasteiger partial charge in [-0.15, -0.1) is 0 Å².